The standard InChI is InChI=1S/C19H20.2ClH.Zr/c1-13(2)17-11-16-5-4-6-18(19(16)12-17)15-9-7-14(3)8-10-15;;;/h4-10,12-13H,11H2,1-3H3;2*1H;/q;;;+2/p-2. The van der Waals surface area contributed by atoms with E-state index in [0.29, 0.717) is 5.92 Å². The van der Waals surface area contributed by atoms with Gasteiger partial charge in [-0.1, -0.05) is 73.5 Å². The number of aryl methyl sites for hydroxylation is 1. The molecule has 0 N–H and O–H groups in total. The number of rotatable bonds is 2. The van der Waals surface area contributed by atoms with E-state index < -0.39 is 20.8 Å². The minimum absolute atomic E-state index is 0.637. The molecule has 3 rings (SSSR count). The Morgan fingerprint density at radius 3 is 2.23 bits per heavy atom. The van der Waals surface area contributed by atoms with Gasteiger partial charge in [0, 0.05) is 0 Å². The zero-order chi connectivity index (χ0) is 16.1. The van der Waals surface area contributed by atoms with Gasteiger partial charge < -0.3 is 0 Å². The van der Waals surface area contributed by atoms with Crippen molar-refractivity contribution in [3.63, 3.8) is 0 Å². The quantitative estimate of drug-likeness (QED) is 0.521. The van der Waals surface area contributed by atoms with E-state index in [1.54, 1.807) is 5.57 Å². The van der Waals surface area contributed by atoms with Gasteiger partial charge in [0.2, 0.25) is 0 Å². The van der Waals surface area contributed by atoms with Gasteiger partial charge in [-0.3, -0.25) is 0 Å². The Morgan fingerprint density at radius 1 is 1.00 bits per heavy atom. The first-order valence-corrected chi connectivity index (χ1v) is 13.8. The van der Waals surface area contributed by atoms with Crippen molar-refractivity contribution >= 4 is 23.1 Å². The van der Waals surface area contributed by atoms with Gasteiger partial charge in [0.15, 0.2) is 0 Å². The second-order valence-corrected chi connectivity index (χ2v) is 9.60. The van der Waals surface area contributed by atoms with E-state index in [0.717, 1.165) is 6.42 Å². The molecule has 0 fully saturated rings. The molecule has 22 heavy (non-hydrogen) atoms. The third-order valence-electron chi connectivity index (χ3n) is 4.02. The van der Waals surface area contributed by atoms with Crippen LogP contribution >= 0.6 is 17.0 Å². The van der Waals surface area contributed by atoms with Crippen LogP contribution in [0.25, 0.3) is 17.2 Å². The Hall–Kier alpha value is -0.357. The molecule has 0 radical (unpaired) electrons. The summed E-state index contributed by atoms with van der Waals surface area (Å²) < 4.78 is 0. The normalized spacial score (nSPS) is 12.4. The van der Waals surface area contributed by atoms with Crippen LogP contribution in [0.15, 0.2) is 48.0 Å². The molecular formula is C19H20Cl2Zr. The predicted molar refractivity (Wildman–Crippen MR) is 94.8 cm³/mol. The van der Waals surface area contributed by atoms with Crippen molar-refractivity contribution in [2.45, 2.75) is 27.2 Å². The van der Waals surface area contributed by atoms with Crippen molar-refractivity contribution in [2.24, 2.45) is 5.92 Å². The molecule has 1 aliphatic carbocycles. The fourth-order valence-corrected chi connectivity index (χ4v) is 2.75. The van der Waals surface area contributed by atoms with Gasteiger partial charge in [-0.15, -0.1) is 0 Å². The molecule has 0 aromatic heterocycles. The molecule has 2 aromatic carbocycles. The molecule has 0 saturated carbocycles. The molecule has 0 heterocycles. The summed E-state index contributed by atoms with van der Waals surface area (Å²) >= 11 is -0.826. The number of hydrogen-bond donors (Lipinski definition) is 0. The number of halogens is 2. The SMILES string of the molecule is Cc1ccc(-c2cccc3c2C=C(C(C)C)C3)cc1.[Cl][Zr][Cl]. The monoisotopic (exact) mass is 408 g/mol. The summed E-state index contributed by atoms with van der Waals surface area (Å²) in [5, 5.41) is 0. The summed E-state index contributed by atoms with van der Waals surface area (Å²) in [6.45, 7) is 6.70. The molecule has 1 aliphatic rings. The second kappa shape index (κ2) is 8.48. The van der Waals surface area contributed by atoms with E-state index in [4.69, 9.17) is 17.0 Å². The Balaban J connectivity index is 0.000000545. The first kappa shape index (κ1) is 18.0. The van der Waals surface area contributed by atoms with E-state index >= 15 is 0 Å². The van der Waals surface area contributed by atoms with Gasteiger partial charge in [0.25, 0.3) is 0 Å². The molecule has 114 valence electrons. The van der Waals surface area contributed by atoms with Gasteiger partial charge >= 0.3 is 37.9 Å². The van der Waals surface area contributed by atoms with E-state index in [2.05, 4.69) is 69.3 Å². The van der Waals surface area contributed by atoms with E-state index in [-0.39, 0.29) is 0 Å². The summed E-state index contributed by atoms with van der Waals surface area (Å²) in [6, 6.07) is 15.5. The average molecular weight is 410 g/mol. The van der Waals surface area contributed by atoms with Crippen molar-refractivity contribution in [1.29, 1.82) is 0 Å². The van der Waals surface area contributed by atoms with Crippen molar-refractivity contribution in [2.75, 3.05) is 0 Å². The zero-order valence-electron chi connectivity index (χ0n) is 13.2. The Morgan fingerprint density at radius 2 is 1.64 bits per heavy atom. The predicted octanol–water partition coefficient (Wildman–Crippen LogP) is 6.63. The van der Waals surface area contributed by atoms with Crippen LogP contribution in [0.2, 0.25) is 0 Å². The van der Waals surface area contributed by atoms with E-state index in [1.807, 2.05) is 0 Å². The number of fused-ring (bicyclic) bond motifs is 1. The summed E-state index contributed by atoms with van der Waals surface area (Å²) in [5.74, 6) is 0.637. The van der Waals surface area contributed by atoms with Crippen LogP contribution in [0.3, 0.4) is 0 Å². The summed E-state index contributed by atoms with van der Waals surface area (Å²) in [4.78, 5) is 0. The fraction of sp³-hybridized carbons (Fsp3) is 0.263. The van der Waals surface area contributed by atoms with Crippen molar-refractivity contribution in [1.82, 2.24) is 0 Å². The molecule has 0 bridgehead atoms. The number of hydrogen-bond acceptors (Lipinski definition) is 0. The average Bonchev–Trinajstić information content (AvgIpc) is 2.93. The van der Waals surface area contributed by atoms with Crippen LogP contribution in [0.4, 0.5) is 0 Å². The first-order chi connectivity index (χ1) is 10.6. The fourth-order valence-electron chi connectivity index (χ4n) is 2.75. The molecule has 0 aliphatic heterocycles. The Bertz CT molecular complexity index is 658. The van der Waals surface area contributed by atoms with Crippen LogP contribution < -0.4 is 0 Å². The van der Waals surface area contributed by atoms with Gasteiger partial charge in [-0.2, -0.15) is 0 Å². The van der Waals surface area contributed by atoms with Crippen LogP contribution in [0.5, 0.6) is 0 Å². The third kappa shape index (κ3) is 4.34. The van der Waals surface area contributed by atoms with Crippen molar-refractivity contribution in [3.8, 4) is 11.1 Å². The summed E-state index contributed by atoms with van der Waals surface area (Å²) in [6.07, 6.45) is 3.52. The molecular weight excluding hydrogens is 390 g/mol. The zero-order valence-corrected chi connectivity index (χ0v) is 17.1. The first-order valence-electron chi connectivity index (χ1n) is 7.42. The van der Waals surface area contributed by atoms with Crippen LogP contribution in [-0.4, -0.2) is 0 Å². The van der Waals surface area contributed by atoms with Crippen LogP contribution in [0.1, 0.15) is 30.5 Å². The maximum atomic E-state index is 4.93. The molecule has 0 nitrogen and oxygen atoms in total. The number of benzene rings is 2. The van der Waals surface area contributed by atoms with Crippen LogP contribution in [-0.2, 0) is 27.3 Å². The summed E-state index contributed by atoms with van der Waals surface area (Å²) in [5.41, 5.74) is 8.46. The Kier molecular flexibility index (Phi) is 6.94. The van der Waals surface area contributed by atoms with Gasteiger partial charge in [-0.25, -0.2) is 0 Å². The molecule has 2 aromatic rings. The van der Waals surface area contributed by atoms with Crippen LogP contribution in [0, 0.1) is 12.8 Å². The molecule has 3 heteroatoms. The van der Waals surface area contributed by atoms with E-state index in [9.17, 15) is 0 Å². The maximum absolute atomic E-state index is 4.93. The topological polar surface area (TPSA) is 0 Å². The van der Waals surface area contributed by atoms with Gasteiger partial charge in [-0.05, 0) is 41.5 Å². The number of allylic oxidation sites excluding steroid dienone is 1. The summed E-state index contributed by atoms with van der Waals surface area (Å²) in [7, 11) is 9.87. The second-order valence-electron chi connectivity index (χ2n) is 5.87. The molecule has 0 spiro atoms. The minimum atomic E-state index is -0.826. The van der Waals surface area contributed by atoms with Gasteiger partial charge in [0.05, 0.1) is 0 Å². The van der Waals surface area contributed by atoms with Crippen molar-refractivity contribution < 1.29 is 20.8 Å². The van der Waals surface area contributed by atoms with Gasteiger partial charge in [0.1, 0.15) is 0 Å². The third-order valence-corrected chi connectivity index (χ3v) is 4.02. The van der Waals surface area contributed by atoms with Crippen molar-refractivity contribution in [3.05, 3.63) is 64.7 Å². The molecule has 0 saturated heterocycles. The Labute approximate surface area is 152 Å². The molecule has 0 unspecified atom stereocenters. The molecule has 0 atom stereocenters. The van der Waals surface area contributed by atoms with E-state index in [1.165, 1.54) is 27.8 Å². The molecule has 0 amide bonds.